The molecule has 0 aromatic heterocycles. The Labute approximate surface area is 157 Å². The predicted molar refractivity (Wildman–Crippen MR) is 98.5 cm³/mol. The summed E-state index contributed by atoms with van der Waals surface area (Å²) in [7, 11) is 0. The molecule has 0 aliphatic carbocycles. The maximum absolute atomic E-state index is 12.9. The van der Waals surface area contributed by atoms with Gasteiger partial charge in [-0.25, -0.2) is 9.18 Å². The maximum atomic E-state index is 12.9. The van der Waals surface area contributed by atoms with Crippen molar-refractivity contribution in [2.75, 3.05) is 31.5 Å². The number of likely N-dealkylation sites (tertiary alicyclic amines) is 1. The number of amides is 4. The summed E-state index contributed by atoms with van der Waals surface area (Å²) in [6.07, 6.45) is 1.08. The second-order valence-electron chi connectivity index (χ2n) is 7.65. The van der Waals surface area contributed by atoms with Crippen molar-refractivity contribution in [2.45, 2.75) is 32.2 Å². The number of nitrogens with one attached hydrogen (secondary N) is 2. The number of imide groups is 1. The number of nitrogens with zero attached hydrogens (tertiary/aromatic N) is 2. The number of piperidine rings is 1. The molecule has 8 heteroatoms. The molecule has 1 aromatic rings. The van der Waals surface area contributed by atoms with Crippen molar-refractivity contribution in [3.63, 3.8) is 0 Å². The molecule has 2 aliphatic rings. The fourth-order valence-corrected chi connectivity index (χ4v) is 3.67. The molecule has 0 bridgehead atoms. The van der Waals surface area contributed by atoms with Crippen LogP contribution >= 0.6 is 0 Å². The molecule has 0 radical (unpaired) electrons. The number of benzene rings is 1. The minimum atomic E-state index is -0.902. The van der Waals surface area contributed by atoms with Crippen LogP contribution < -0.4 is 10.6 Å². The Morgan fingerprint density at radius 1 is 1.22 bits per heavy atom. The second kappa shape index (κ2) is 7.64. The molecule has 0 unspecified atom stereocenters. The second-order valence-corrected chi connectivity index (χ2v) is 7.65. The molecule has 2 fully saturated rings. The highest BCUT2D eigenvalue weighted by molar-refractivity contribution is 6.10. The SMILES string of the molecule is CC(C)CN1CCC2(CC1)NC(=O)N(CC(=O)Nc1ccc(F)cc1)C2=O. The van der Waals surface area contributed by atoms with Crippen LogP contribution in [0.5, 0.6) is 0 Å². The lowest BCUT2D eigenvalue weighted by Crippen LogP contribution is -2.55. The molecule has 2 saturated heterocycles. The van der Waals surface area contributed by atoms with Crippen LogP contribution in [0.1, 0.15) is 26.7 Å². The minimum Gasteiger partial charge on any atom is -0.325 e. The van der Waals surface area contributed by atoms with E-state index in [1.807, 2.05) is 0 Å². The number of halogens is 1. The lowest BCUT2D eigenvalue weighted by molar-refractivity contribution is -0.135. The molecule has 0 saturated carbocycles. The van der Waals surface area contributed by atoms with Crippen LogP contribution in [0, 0.1) is 11.7 Å². The molecule has 4 amide bonds. The van der Waals surface area contributed by atoms with E-state index in [2.05, 4.69) is 29.4 Å². The summed E-state index contributed by atoms with van der Waals surface area (Å²) >= 11 is 0. The van der Waals surface area contributed by atoms with Gasteiger partial charge in [-0.2, -0.15) is 0 Å². The summed E-state index contributed by atoms with van der Waals surface area (Å²) in [6, 6.07) is 4.76. The Hall–Kier alpha value is -2.48. The fraction of sp³-hybridized carbons (Fsp3) is 0.526. The molecule has 2 heterocycles. The number of carbonyl (C=O) groups excluding carboxylic acids is 3. The normalized spacial score (nSPS) is 19.6. The summed E-state index contributed by atoms with van der Waals surface area (Å²) in [5, 5.41) is 5.37. The molecule has 3 rings (SSSR count). The van der Waals surface area contributed by atoms with Crippen LogP contribution in [0.2, 0.25) is 0 Å². The first-order valence-corrected chi connectivity index (χ1v) is 9.21. The van der Waals surface area contributed by atoms with Crippen LogP contribution in [0.4, 0.5) is 14.9 Å². The first-order valence-electron chi connectivity index (χ1n) is 9.21. The summed E-state index contributed by atoms with van der Waals surface area (Å²) in [5.41, 5.74) is -0.495. The molecule has 7 nitrogen and oxygen atoms in total. The van der Waals surface area contributed by atoms with Crippen LogP contribution in [-0.4, -0.2) is 59.4 Å². The maximum Gasteiger partial charge on any atom is 0.325 e. The van der Waals surface area contributed by atoms with E-state index in [-0.39, 0.29) is 12.5 Å². The highest BCUT2D eigenvalue weighted by Gasteiger charge is 2.52. The predicted octanol–water partition coefficient (Wildman–Crippen LogP) is 1.81. The van der Waals surface area contributed by atoms with Crippen LogP contribution in [0.15, 0.2) is 24.3 Å². The zero-order chi connectivity index (χ0) is 19.6. The molecule has 1 spiro atoms. The van der Waals surface area contributed by atoms with Gasteiger partial charge in [0.2, 0.25) is 5.91 Å². The van der Waals surface area contributed by atoms with Crippen molar-refractivity contribution >= 4 is 23.5 Å². The Kier molecular flexibility index (Phi) is 5.46. The van der Waals surface area contributed by atoms with Gasteiger partial charge in [-0.3, -0.25) is 14.5 Å². The quantitative estimate of drug-likeness (QED) is 0.768. The number of rotatable bonds is 5. The molecule has 0 atom stereocenters. The summed E-state index contributed by atoms with van der Waals surface area (Å²) in [4.78, 5) is 40.6. The van der Waals surface area contributed by atoms with E-state index in [4.69, 9.17) is 0 Å². The number of urea groups is 1. The third-order valence-electron chi connectivity index (χ3n) is 5.01. The average Bonchev–Trinajstić information content (AvgIpc) is 2.83. The third kappa shape index (κ3) is 4.27. The molecular weight excluding hydrogens is 351 g/mol. The van der Waals surface area contributed by atoms with Gasteiger partial charge in [0.15, 0.2) is 0 Å². The Bertz CT molecular complexity index is 727. The largest absolute Gasteiger partial charge is 0.325 e. The monoisotopic (exact) mass is 376 g/mol. The molecule has 2 aliphatic heterocycles. The summed E-state index contributed by atoms with van der Waals surface area (Å²) in [6.45, 7) is 6.36. The average molecular weight is 376 g/mol. The first kappa shape index (κ1) is 19.3. The zero-order valence-electron chi connectivity index (χ0n) is 15.6. The molecular formula is C19H25FN4O3. The van der Waals surface area contributed by atoms with Gasteiger partial charge in [0, 0.05) is 25.3 Å². The fourth-order valence-electron chi connectivity index (χ4n) is 3.67. The van der Waals surface area contributed by atoms with Crippen LogP contribution in [0.25, 0.3) is 0 Å². The van der Waals surface area contributed by atoms with Gasteiger partial charge >= 0.3 is 6.03 Å². The van der Waals surface area contributed by atoms with E-state index in [1.54, 1.807) is 0 Å². The Balaban J connectivity index is 1.59. The summed E-state index contributed by atoms with van der Waals surface area (Å²) < 4.78 is 12.9. The van der Waals surface area contributed by atoms with Gasteiger partial charge in [0.25, 0.3) is 5.91 Å². The lowest BCUT2D eigenvalue weighted by atomic mass is 9.87. The van der Waals surface area contributed by atoms with Crippen LogP contribution in [-0.2, 0) is 9.59 Å². The topological polar surface area (TPSA) is 81.8 Å². The van der Waals surface area contributed by atoms with E-state index in [0.29, 0.717) is 24.4 Å². The molecule has 27 heavy (non-hydrogen) atoms. The van der Waals surface area contributed by atoms with Gasteiger partial charge in [-0.05, 0) is 43.0 Å². The third-order valence-corrected chi connectivity index (χ3v) is 5.01. The van der Waals surface area contributed by atoms with E-state index in [0.717, 1.165) is 24.5 Å². The van der Waals surface area contributed by atoms with E-state index in [9.17, 15) is 18.8 Å². The van der Waals surface area contributed by atoms with Gasteiger partial charge in [0.1, 0.15) is 17.9 Å². The van der Waals surface area contributed by atoms with Crippen molar-refractivity contribution in [1.29, 1.82) is 0 Å². The standard InChI is InChI=1S/C19H25FN4O3/c1-13(2)11-23-9-7-19(8-10-23)17(26)24(18(27)22-19)12-16(25)21-15-5-3-14(20)4-6-15/h3-6,13H,7-12H2,1-2H3,(H,21,25)(H,22,27). The van der Waals surface area contributed by atoms with Crippen LogP contribution in [0.3, 0.4) is 0 Å². The molecule has 1 aromatic carbocycles. The van der Waals surface area contributed by atoms with Gasteiger partial charge in [-0.1, -0.05) is 13.8 Å². The Morgan fingerprint density at radius 2 is 1.85 bits per heavy atom. The lowest BCUT2D eigenvalue weighted by Gasteiger charge is -2.37. The highest BCUT2D eigenvalue weighted by atomic mass is 19.1. The first-order chi connectivity index (χ1) is 12.8. The Morgan fingerprint density at radius 3 is 2.44 bits per heavy atom. The van der Waals surface area contributed by atoms with Crippen molar-refractivity contribution in [3.8, 4) is 0 Å². The van der Waals surface area contributed by atoms with Crippen molar-refractivity contribution in [1.82, 2.24) is 15.1 Å². The van der Waals surface area contributed by atoms with Gasteiger partial charge < -0.3 is 15.5 Å². The minimum absolute atomic E-state index is 0.342. The van der Waals surface area contributed by atoms with Crippen molar-refractivity contribution < 1.29 is 18.8 Å². The number of hydrogen-bond donors (Lipinski definition) is 2. The number of anilines is 1. The van der Waals surface area contributed by atoms with Crippen molar-refractivity contribution in [3.05, 3.63) is 30.1 Å². The number of carbonyl (C=O) groups is 3. The van der Waals surface area contributed by atoms with Gasteiger partial charge in [0.05, 0.1) is 0 Å². The smallest absolute Gasteiger partial charge is 0.325 e. The zero-order valence-corrected chi connectivity index (χ0v) is 15.6. The molecule has 2 N–H and O–H groups in total. The van der Waals surface area contributed by atoms with Crippen molar-refractivity contribution in [2.24, 2.45) is 5.92 Å². The highest BCUT2D eigenvalue weighted by Crippen LogP contribution is 2.29. The van der Waals surface area contributed by atoms with Gasteiger partial charge in [-0.15, -0.1) is 0 Å². The van der Waals surface area contributed by atoms with E-state index in [1.165, 1.54) is 24.3 Å². The summed E-state index contributed by atoms with van der Waals surface area (Å²) in [5.74, 6) is -0.710. The molecule has 146 valence electrons. The number of hydrogen-bond acceptors (Lipinski definition) is 4. The van der Waals surface area contributed by atoms with E-state index < -0.39 is 23.3 Å². The van der Waals surface area contributed by atoms with E-state index >= 15 is 0 Å².